The average Bonchev–Trinajstić information content (AvgIpc) is 3.15. The summed E-state index contributed by atoms with van der Waals surface area (Å²) in [5, 5.41) is 6.99. The summed E-state index contributed by atoms with van der Waals surface area (Å²) >= 11 is 3.56. The highest BCUT2D eigenvalue weighted by atomic mass is 32.1. The van der Waals surface area contributed by atoms with Gasteiger partial charge in [0.05, 0.1) is 19.1 Å². The van der Waals surface area contributed by atoms with Crippen LogP contribution in [0.1, 0.15) is 21.4 Å². The number of amides is 1. The molecule has 0 saturated carbocycles. The highest BCUT2D eigenvalue weighted by Crippen LogP contribution is 2.39. The first-order chi connectivity index (χ1) is 10.3. The fourth-order valence-electron chi connectivity index (χ4n) is 2.71. The Morgan fingerprint density at radius 1 is 1.43 bits per heavy atom. The van der Waals surface area contributed by atoms with Crippen LogP contribution < -0.4 is 5.32 Å². The first-order valence-electron chi connectivity index (χ1n) is 6.83. The van der Waals surface area contributed by atoms with Gasteiger partial charge in [-0.25, -0.2) is 0 Å². The van der Waals surface area contributed by atoms with Gasteiger partial charge in [0.1, 0.15) is 0 Å². The molecule has 108 valence electrons. The number of nitrogens with one attached hydrogen (secondary N) is 1. The molecule has 2 aromatic heterocycles. The third-order valence-electron chi connectivity index (χ3n) is 3.61. The summed E-state index contributed by atoms with van der Waals surface area (Å²) in [6, 6.07) is 6.60. The summed E-state index contributed by atoms with van der Waals surface area (Å²) in [5.41, 5.74) is 1.35. The molecule has 1 N–H and O–H groups in total. The van der Waals surface area contributed by atoms with Crippen LogP contribution in [0.25, 0.3) is 0 Å². The lowest BCUT2D eigenvalue weighted by molar-refractivity contribution is -0.122. The number of nitrogens with zero attached hydrogens (tertiary/aromatic N) is 1. The minimum absolute atomic E-state index is 0.00631. The molecule has 3 nitrogen and oxygen atoms in total. The third kappa shape index (κ3) is 3.03. The van der Waals surface area contributed by atoms with Gasteiger partial charge in [-0.2, -0.15) is 0 Å². The van der Waals surface area contributed by atoms with Crippen molar-refractivity contribution in [2.75, 3.05) is 19.6 Å². The van der Waals surface area contributed by atoms with E-state index in [1.165, 1.54) is 15.3 Å². The molecule has 0 aliphatic carbocycles. The standard InChI is InChI=1S/C16H16N2OS2/c1-2-7-17-15(19)11-18-8-5-13-12(6-10-21-13)16(18)14-4-3-9-20-14/h1,3-4,6,9-10,16H,5,7-8,11H2,(H,17,19)/t16-/m0/s1. The van der Waals surface area contributed by atoms with Crippen LogP contribution in [0.15, 0.2) is 29.0 Å². The lowest BCUT2D eigenvalue weighted by Gasteiger charge is -2.34. The number of hydrogen-bond acceptors (Lipinski definition) is 4. The molecule has 1 aliphatic rings. The van der Waals surface area contributed by atoms with E-state index in [1.54, 1.807) is 11.3 Å². The van der Waals surface area contributed by atoms with Crippen molar-refractivity contribution in [1.29, 1.82) is 0 Å². The zero-order chi connectivity index (χ0) is 14.7. The van der Waals surface area contributed by atoms with Crippen LogP contribution >= 0.6 is 22.7 Å². The van der Waals surface area contributed by atoms with E-state index < -0.39 is 0 Å². The van der Waals surface area contributed by atoms with Gasteiger partial charge in [-0.1, -0.05) is 12.0 Å². The van der Waals surface area contributed by atoms with Crippen molar-refractivity contribution < 1.29 is 4.79 Å². The average molecular weight is 316 g/mol. The van der Waals surface area contributed by atoms with Crippen molar-refractivity contribution in [2.24, 2.45) is 0 Å². The van der Waals surface area contributed by atoms with Gasteiger partial charge in [0, 0.05) is 16.3 Å². The summed E-state index contributed by atoms with van der Waals surface area (Å²) in [4.78, 5) is 17.0. The Bertz CT molecular complexity index is 654. The molecule has 0 aromatic carbocycles. The Morgan fingerprint density at radius 2 is 2.33 bits per heavy atom. The molecule has 1 atom stereocenters. The molecule has 3 rings (SSSR count). The Balaban J connectivity index is 1.83. The van der Waals surface area contributed by atoms with Crippen LogP contribution in [0.4, 0.5) is 0 Å². The lowest BCUT2D eigenvalue weighted by Crippen LogP contribution is -2.42. The van der Waals surface area contributed by atoms with Crippen LogP contribution in [-0.2, 0) is 11.2 Å². The summed E-state index contributed by atoms with van der Waals surface area (Å²) in [5.74, 6) is 2.43. The van der Waals surface area contributed by atoms with Crippen LogP contribution in [0.5, 0.6) is 0 Å². The molecule has 0 saturated heterocycles. The Kier molecular flexibility index (Phi) is 4.39. The second-order valence-corrected chi connectivity index (χ2v) is 6.90. The highest BCUT2D eigenvalue weighted by Gasteiger charge is 2.31. The van der Waals surface area contributed by atoms with Gasteiger partial charge in [0.15, 0.2) is 0 Å². The second-order valence-electron chi connectivity index (χ2n) is 4.92. The van der Waals surface area contributed by atoms with E-state index in [2.05, 4.69) is 45.1 Å². The van der Waals surface area contributed by atoms with E-state index in [-0.39, 0.29) is 11.9 Å². The van der Waals surface area contributed by atoms with Crippen LogP contribution in [0.2, 0.25) is 0 Å². The van der Waals surface area contributed by atoms with Gasteiger partial charge in [0.2, 0.25) is 5.91 Å². The molecule has 5 heteroatoms. The summed E-state index contributed by atoms with van der Waals surface area (Å²) in [6.45, 7) is 1.58. The molecule has 0 unspecified atom stereocenters. The van der Waals surface area contributed by atoms with Crippen LogP contribution in [-0.4, -0.2) is 30.4 Å². The monoisotopic (exact) mass is 316 g/mol. The van der Waals surface area contributed by atoms with Crippen molar-refractivity contribution in [3.63, 3.8) is 0 Å². The fourth-order valence-corrected chi connectivity index (χ4v) is 4.49. The third-order valence-corrected chi connectivity index (χ3v) is 5.53. The van der Waals surface area contributed by atoms with Gasteiger partial charge in [0.25, 0.3) is 0 Å². The SMILES string of the molecule is C#CCNC(=O)CN1CCc2sccc2[C@H]1c1cccs1. The highest BCUT2D eigenvalue weighted by molar-refractivity contribution is 7.10. The van der Waals surface area contributed by atoms with Crippen molar-refractivity contribution in [3.8, 4) is 12.3 Å². The first kappa shape index (κ1) is 14.3. The minimum Gasteiger partial charge on any atom is -0.344 e. The van der Waals surface area contributed by atoms with Crippen molar-refractivity contribution >= 4 is 28.6 Å². The summed E-state index contributed by atoms with van der Waals surface area (Å²) in [6.07, 6.45) is 6.20. The van der Waals surface area contributed by atoms with E-state index in [4.69, 9.17) is 6.42 Å². The fraction of sp³-hybridized carbons (Fsp3) is 0.312. The van der Waals surface area contributed by atoms with Crippen LogP contribution in [0.3, 0.4) is 0 Å². The number of terminal acetylenes is 1. The Morgan fingerprint density at radius 3 is 3.10 bits per heavy atom. The van der Waals surface area contributed by atoms with E-state index >= 15 is 0 Å². The Labute approximate surface area is 132 Å². The quantitative estimate of drug-likeness (QED) is 0.879. The normalized spacial score (nSPS) is 18.0. The van der Waals surface area contributed by atoms with Gasteiger partial charge in [-0.3, -0.25) is 9.69 Å². The molecule has 1 aliphatic heterocycles. The molecular weight excluding hydrogens is 300 g/mol. The number of carbonyl (C=O) groups is 1. The minimum atomic E-state index is -0.00631. The zero-order valence-electron chi connectivity index (χ0n) is 11.5. The van der Waals surface area contributed by atoms with E-state index in [1.807, 2.05) is 11.3 Å². The molecule has 1 amide bonds. The zero-order valence-corrected chi connectivity index (χ0v) is 13.2. The van der Waals surface area contributed by atoms with Crippen molar-refractivity contribution in [2.45, 2.75) is 12.5 Å². The van der Waals surface area contributed by atoms with Gasteiger partial charge in [-0.15, -0.1) is 29.1 Å². The first-order valence-corrected chi connectivity index (χ1v) is 8.59. The van der Waals surface area contributed by atoms with Crippen molar-refractivity contribution in [3.05, 3.63) is 44.3 Å². The molecule has 0 radical (unpaired) electrons. The predicted molar refractivity (Wildman–Crippen MR) is 87.6 cm³/mol. The van der Waals surface area contributed by atoms with Crippen molar-refractivity contribution in [1.82, 2.24) is 10.2 Å². The van der Waals surface area contributed by atoms with Gasteiger partial charge >= 0.3 is 0 Å². The number of hydrogen-bond donors (Lipinski definition) is 1. The second kappa shape index (κ2) is 6.44. The largest absolute Gasteiger partial charge is 0.344 e. The summed E-state index contributed by atoms with van der Waals surface area (Å²) in [7, 11) is 0. The molecule has 21 heavy (non-hydrogen) atoms. The molecule has 2 aromatic rings. The smallest absolute Gasteiger partial charge is 0.234 e. The van der Waals surface area contributed by atoms with E-state index in [0.717, 1.165) is 13.0 Å². The van der Waals surface area contributed by atoms with E-state index in [9.17, 15) is 4.79 Å². The molecule has 0 fully saturated rings. The lowest BCUT2D eigenvalue weighted by atomic mass is 9.98. The van der Waals surface area contributed by atoms with Gasteiger partial charge in [-0.05, 0) is 34.9 Å². The van der Waals surface area contributed by atoms with E-state index in [0.29, 0.717) is 13.1 Å². The number of thiophene rings is 2. The Hall–Kier alpha value is -1.61. The molecule has 3 heterocycles. The topological polar surface area (TPSA) is 32.3 Å². The maximum atomic E-state index is 12.0. The maximum Gasteiger partial charge on any atom is 0.234 e. The number of fused-ring (bicyclic) bond motifs is 1. The molecule has 0 bridgehead atoms. The maximum absolute atomic E-state index is 12.0. The predicted octanol–water partition coefficient (Wildman–Crippen LogP) is 2.51. The molecular formula is C16H16N2OS2. The van der Waals surface area contributed by atoms with Crippen LogP contribution in [0, 0.1) is 12.3 Å². The molecule has 0 spiro atoms. The van der Waals surface area contributed by atoms with Gasteiger partial charge < -0.3 is 5.32 Å². The number of rotatable bonds is 4. The number of carbonyl (C=O) groups excluding carboxylic acids is 1. The summed E-state index contributed by atoms with van der Waals surface area (Å²) < 4.78 is 0.